The Morgan fingerprint density at radius 3 is 1.60 bits per heavy atom. The normalized spacial score (nSPS) is 25.0. The lowest BCUT2D eigenvalue weighted by atomic mass is 9.43. The third kappa shape index (κ3) is 3.48. The van der Waals surface area contributed by atoms with E-state index < -0.39 is 0 Å². The van der Waals surface area contributed by atoms with E-state index in [1.807, 2.05) is 6.92 Å². The van der Waals surface area contributed by atoms with Gasteiger partial charge in [0.05, 0.1) is 22.4 Å². The largest absolute Gasteiger partial charge is 0.250 e. The van der Waals surface area contributed by atoms with Crippen LogP contribution in [0.15, 0.2) is 109 Å². The Labute approximate surface area is 281 Å². The summed E-state index contributed by atoms with van der Waals surface area (Å²) < 4.78 is 0. The highest BCUT2D eigenvalue weighted by Gasteiger charge is 2.61. The summed E-state index contributed by atoms with van der Waals surface area (Å²) in [5.41, 5.74) is 15.4. The van der Waals surface area contributed by atoms with Crippen molar-refractivity contribution in [1.82, 2.24) is 9.97 Å². The molecule has 0 radical (unpaired) electrons. The maximum absolute atomic E-state index is 4.95. The van der Waals surface area contributed by atoms with Gasteiger partial charge in [0.1, 0.15) is 0 Å². The van der Waals surface area contributed by atoms with Gasteiger partial charge in [-0.1, -0.05) is 91.0 Å². The summed E-state index contributed by atoms with van der Waals surface area (Å²) >= 11 is 0. The van der Waals surface area contributed by atoms with E-state index in [9.17, 15) is 0 Å². The van der Waals surface area contributed by atoms with Crippen molar-refractivity contribution in [3.63, 3.8) is 0 Å². The molecule has 2 nitrogen and oxygen atoms in total. The standard InChI is InChI=1S/C46H38N2/c1-26-27(2)48-43-25-31(16-18-42(43)47-26)45-38-12-5-3-10-36(38)44(37-11-4-6-13-39(37)45)30-15-17-35-34-9-7-8-14-40(34)46(41(35)24-30)32-20-28-19-29(22-32)23-33(46)21-28/h3-18,24-25,28-29,32-33H,19-23H2,1-2H3. The molecular formula is C46H38N2. The molecule has 1 spiro atoms. The second-order valence-corrected chi connectivity index (χ2v) is 15.4. The number of aryl methyl sites for hydroxylation is 2. The van der Waals surface area contributed by atoms with Gasteiger partial charge < -0.3 is 0 Å². The summed E-state index contributed by atoms with van der Waals surface area (Å²) in [6.07, 6.45) is 7.09. The molecule has 12 rings (SSSR count). The smallest absolute Gasteiger partial charge is 0.0896 e. The predicted octanol–water partition coefficient (Wildman–Crippen LogP) is 11.6. The van der Waals surface area contributed by atoms with Gasteiger partial charge in [-0.15, -0.1) is 0 Å². The average molecular weight is 619 g/mol. The van der Waals surface area contributed by atoms with Crippen LogP contribution in [0, 0.1) is 37.5 Å². The monoisotopic (exact) mass is 618 g/mol. The number of rotatable bonds is 2. The number of aromatic nitrogens is 2. The zero-order chi connectivity index (χ0) is 31.7. The van der Waals surface area contributed by atoms with Gasteiger partial charge in [-0.25, -0.2) is 9.97 Å². The molecule has 4 fully saturated rings. The van der Waals surface area contributed by atoms with Gasteiger partial charge in [0.25, 0.3) is 0 Å². The quantitative estimate of drug-likeness (QED) is 0.180. The first-order valence-electron chi connectivity index (χ1n) is 18.0. The molecule has 0 N–H and O–H groups in total. The van der Waals surface area contributed by atoms with Gasteiger partial charge in [-0.2, -0.15) is 0 Å². The minimum Gasteiger partial charge on any atom is -0.250 e. The van der Waals surface area contributed by atoms with E-state index in [0.717, 1.165) is 46.1 Å². The highest BCUT2D eigenvalue weighted by Crippen LogP contribution is 2.69. The molecule has 0 saturated heterocycles. The fraction of sp³-hybridized carbons (Fsp3) is 0.261. The van der Waals surface area contributed by atoms with Crippen molar-refractivity contribution < 1.29 is 0 Å². The molecule has 0 unspecified atom stereocenters. The summed E-state index contributed by atoms with van der Waals surface area (Å²) in [4.78, 5) is 9.78. The Morgan fingerprint density at radius 2 is 0.979 bits per heavy atom. The fourth-order valence-electron chi connectivity index (χ4n) is 11.4. The predicted molar refractivity (Wildman–Crippen MR) is 198 cm³/mol. The molecule has 5 aliphatic rings. The van der Waals surface area contributed by atoms with Gasteiger partial charge in [0.2, 0.25) is 0 Å². The van der Waals surface area contributed by atoms with Crippen LogP contribution in [-0.2, 0) is 5.41 Å². The first-order chi connectivity index (χ1) is 23.6. The van der Waals surface area contributed by atoms with Crippen LogP contribution in [-0.4, -0.2) is 9.97 Å². The number of hydrogen-bond donors (Lipinski definition) is 0. The first-order valence-corrected chi connectivity index (χ1v) is 18.0. The Kier molecular flexibility index (Phi) is 5.45. The third-order valence-electron chi connectivity index (χ3n) is 13.1. The van der Waals surface area contributed by atoms with E-state index >= 15 is 0 Å². The van der Waals surface area contributed by atoms with E-state index in [0.29, 0.717) is 0 Å². The summed E-state index contributed by atoms with van der Waals surface area (Å²) in [5, 5.41) is 5.20. The second-order valence-electron chi connectivity index (χ2n) is 15.4. The van der Waals surface area contributed by atoms with Crippen LogP contribution in [0.1, 0.15) is 54.6 Å². The Morgan fingerprint density at radius 1 is 0.479 bits per heavy atom. The van der Waals surface area contributed by atoms with Crippen LogP contribution in [0.25, 0.3) is 66.0 Å². The van der Waals surface area contributed by atoms with E-state index in [2.05, 4.69) is 116 Å². The van der Waals surface area contributed by atoms with Crippen molar-refractivity contribution >= 4 is 32.6 Å². The van der Waals surface area contributed by atoms with Crippen LogP contribution >= 0.6 is 0 Å². The Hall–Kier alpha value is -4.82. The van der Waals surface area contributed by atoms with Crippen molar-refractivity contribution in [3.8, 4) is 33.4 Å². The molecule has 232 valence electrons. The van der Waals surface area contributed by atoms with Crippen LogP contribution < -0.4 is 0 Å². The van der Waals surface area contributed by atoms with Crippen molar-refractivity contribution in [1.29, 1.82) is 0 Å². The number of hydrogen-bond acceptors (Lipinski definition) is 2. The van der Waals surface area contributed by atoms with Crippen LogP contribution in [0.3, 0.4) is 0 Å². The minimum absolute atomic E-state index is 0.156. The molecule has 4 bridgehead atoms. The van der Waals surface area contributed by atoms with E-state index in [4.69, 9.17) is 9.97 Å². The molecule has 48 heavy (non-hydrogen) atoms. The van der Waals surface area contributed by atoms with Crippen LogP contribution in [0.2, 0.25) is 0 Å². The molecule has 1 heterocycles. The van der Waals surface area contributed by atoms with E-state index in [1.165, 1.54) is 87.0 Å². The van der Waals surface area contributed by atoms with Gasteiger partial charge in [0, 0.05) is 5.41 Å². The van der Waals surface area contributed by atoms with Crippen molar-refractivity contribution in [3.05, 3.63) is 132 Å². The van der Waals surface area contributed by atoms with Gasteiger partial charge >= 0.3 is 0 Å². The van der Waals surface area contributed by atoms with E-state index in [1.54, 1.807) is 11.1 Å². The number of fused-ring (bicyclic) bond motifs is 6. The molecular weight excluding hydrogens is 581 g/mol. The van der Waals surface area contributed by atoms with Crippen molar-refractivity contribution in [2.75, 3.05) is 0 Å². The molecule has 7 aromatic rings. The first kappa shape index (κ1) is 27.2. The molecule has 2 heteroatoms. The molecule has 1 aromatic heterocycles. The molecule has 5 aliphatic carbocycles. The maximum atomic E-state index is 4.95. The highest BCUT2D eigenvalue weighted by atomic mass is 14.8. The lowest BCUT2D eigenvalue weighted by Gasteiger charge is -2.61. The second kappa shape index (κ2) is 9.63. The van der Waals surface area contributed by atoms with Crippen molar-refractivity contribution in [2.45, 2.75) is 51.4 Å². The Bertz CT molecular complexity index is 2420. The molecule has 0 amide bonds. The zero-order valence-corrected chi connectivity index (χ0v) is 27.6. The average Bonchev–Trinajstić information content (AvgIpc) is 3.39. The summed E-state index contributed by atoms with van der Waals surface area (Å²) in [5.74, 6) is 3.38. The lowest BCUT2D eigenvalue weighted by molar-refractivity contribution is -0.0399. The van der Waals surface area contributed by atoms with Gasteiger partial charge in [-0.3, -0.25) is 0 Å². The SMILES string of the molecule is Cc1nc2ccc(-c3c4ccccc4c(-c4ccc5c(c4)C4(c6ccccc6-5)C5CC6CC(C5)CC4C6)c4ccccc34)cc2nc1C. The summed E-state index contributed by atoms with van der Waals surface area (Å²) in [6.45, 7) is 4.09. The summed E-state index contributed by atoms with van der Waals surface area (Å²) in [6, 6.07) is 41.8. The zero-order valence-electron chi connectivity index (χ0n) is 27.6. The van der Waals surface area contributed by atoms with Gasteiger partial charge in [0.15, 0.2) is 0 Å². The molecule has 0 atom stereocenters. The van der Waals surface area contributed by atoms with E-state index in [-0.39, 0.29) is 5.41 Å². The maximum Gasteiger partial charge on any atom is 0.0896 e. The molecule has 6 aromatic carbocycles. The summed E-state index contributed by atoms with van der Waals surface area (Å²) in [7, 11) is 0. The highest BCUT2D eigenvalue weighted by molar-refractivity contribution is 6.21. The number of nitrogens with zero attached hydrogens (tertiary/aromatic N) is 2. The van der Waals surface area contributed by atoms with Crippen LogP contribution in [0.4, 0.5) is 0 Å². The molecule has 4 saturated carbocycles. The topological polar surface area (TPSA) is 25.8 Å². The molecule has 0 aliphatic heterocycles. The minimum atomic E-state index is 0.156. The fourth-order valence-corrected chi connectivity index (χ4v) is 11.4. The third-order valence-corrected chi connectivity index (χ3v) is 13.1. The number of benzene rings is 6. The van der Waals surface area contributed by atoms with Crippen molar-refractivity contribution in [2.24, 2.45) is 23.7 Å². The Balaban J connectivity index is 1.17. The lowest BCUT2D eigenvalue weighted by Crippen LogP contribution is -2.55. The van der Waals surface area contributed by atoms with Crippen LogP contribution in [0.5, 0.6) is 0 Å². The van der Waals surface area contributed by atoms with Gasteiger partial charge in [-0.05, 0) is 154 Å².